The first-order valence-corrected chi connectivity index (χ1v) is 3.10. The van der Waals surface area contributed by atoms with E-state index in [1.807, 2.05) is 6.92 Å². The summed E-state index contributed by atoms with van der Waals surface area (Å²) in [5.74, 6) is 0. The molecule has 0 unspecified atom stereocenters. The van der Waals surface area contributed by atoms with E-state index < -0.39 is 0 Å². The van der Waals surface area contributed by atoms with Crippen LogP contribution in [-0.4, -0.2) is 12.3 Å². The van der Waals surface area contributed by atoms with Gasteiger partial charge in [0.05, 0.1) is 0 Å². The van der Waals surface area contributed by atoms with Gasteiger partial charge in [-0.25, -0.2) is 0 Å². The van der Waals surface area contributed by atoms with E-state index in [4.69, 9.17) is 0 Å². The lowest BCUT2D eigenvalue weighted by atomic mass is 10.3. The highest BCUT2D eigenvalue weighted by molar-refractivity contribution is 5.82. The summed E-state index contributed by atoms with van der Waals surface area (Å²) in [4.78, 5) is 4.22. The first kappa shape index (κ1) is 7.67. The van der Waals surface area contributed by atoms with Crippen LogP contribution in [0.1, 0.15) is 26.7 Å². The smallest absolute Gasteiger partial charge is 0.0385 e. The van der Waals surface area contributed by atoms with E-state index in [-0.39, 0.29) is 0 Å². The number of rotatable bonds is 3. The fraction of sp³-hybridized carbons (Fsp3) is 0.714. The number of aliphatic imine (C=N–C) groups is 1. The van der Waals surface area contributed by atoms with Gasteiger partial charge in [0.2, 0.25) is 0 Å². The minimum absolute atomic E-state index is 0.847. The van der Waals surface area contributed by atoms with Gasteiger partial charge in [0.1, 0.15) is 0 Å². The van der Waals surface area contributed by atoms with Crippen molar-refractivity contribution in [1.29, 1.82) is 0 Å². The normalized spacial score (nSPS) is 12.1. The minimum Gasteiger partial charge on any atom is -0.294 e. The van der Waals surface area contributed by atoms with Crippen molar-refractivity contribution in [3.05, 3.63) is 6.92 Å². The minimum atomic E-state index is 0.847. The van der Waals surface area contributed by atoms with Crippen molar-refractivity contribution in [2.75, 3.05) is 6.54 Å². The molecule has 0 aliphatic rings. The average Bonchev–Trinajstić information content (AvgIpc) is 1.83. The molecule has 0 aliphatic heterocycles. The van der Waals surface area contributed by atoms with Gasteiger partial charge >= 0.3 is 0 Å². The summed E-state index contributed by atoms with van der Waals surface area (Å²) < 4.78 is 0. The van der Waals surface area contributed by atoms with E-state index in [1.165, 1.54) is 0 Å². The second-order valence-electron chi connectivity index (χ2n) is 1.87. The highest BCUT2D eigenvalue weighted by atomic mass is 14.7. The molecule has 0 heterocycles. The highest BCUT2D eigenvalue weighted by Gasteiger charge is 1.80. The first-order valence-electron chi connectivity index (χ1n) is 3.10. The molecule has 1 nitrogen and oxygen atoms in total. The number of hydrogen-bond donors (Lipinski definition) is 0. The number of nitrogens with zero attached hydrogens (tertiary/aromatic N) is 1. The summed E-state index contributed by atoms with van der Waals surface area (Å²) in [6.45, 7) is 8.81. The largest absolute Gasteiger partial charge is 0.294 e. The van der Waals surface area contributed by atoms with Gasteiger partial charge in [-0.05, 0) is 26.7 Å². The molecule has 47 valence electrons. The van der Waals surface area contributed by atoms with Crippen LogP contribution >= 0.6 is 0 Å². The van der Waals surface area contributed by atoms with E-state index >= 15 is 0 Å². The molecule has 0 saturated heterocycles. The van der Waals surface area contributed by atoms with Gasteiger partial charge in [-0.3, -0.25) is 4.99 Å². The van der Waals surface area contributed by atoms with Crippen molar-refractivity contribution in [2.45, 2.75) is 26.7 Å². The Morgan fingerprint density at radius 2 is 2.25 bits per heavy atom. The molecule has 0 aromatic heterocycles. The van der Waals surface area contributed by atoms with E-state index in [0.717, 1.165) is 25.1 Å². The summed E-state index contributed by atoms with van der Waals surface area (Å²) in [5, 5.41) is 0. The Bertz CT molecular complexity index is 74.5. The van der Waals surface area contributed by atoms with Crippen molar-refractivity contribution < 1.29 is 0 Å². The molecule has 0 aliphatic carbocycles. The molecular weight excluding hydrogens is 98.1 g/mol. The van der Waals surface area contributed by atoms with Crippen LogP contribution in [0.2, 0.25) is 0 Å². The molecule has 0 spiro atoms. The van der Waals surface area contributed by atoms with Gasteiger partial charge in [0.25, 0.3) is 0 Å². The van der Waals surface area contributed by atoms with Crippen LogP contribution in [0.5, 0.6) is 0 Å². The van der Waals surface area contributed by atoms with Crippen LogP contribution in [0.3, 0.4) is 0 Å². The van der Waals surface area contributed by atoms with Crippen molar-refractivity contribution >= 4 is 5.71 Å². The summed E-state index contributed by atoms with van der Waals surface area (Å²) in [7, 11) is 0. The predicted molar refractivity (Wildman–Crippen MR) is 38.2 cm³/mol. The van der Waals surface area contributed by atoms with Gasteiger partial charge < -0.3 is 0 Å². The van der Waals surface area contributed by atoms with Crippen LogP contribution in [-0.2, 0) is 0 Å². The van der Waals surface area contributed by atoms with E-state index in [2.05, 4.69) is 18.8 Å². The Morgan fingerprint density at radius 3 is 2.62 bits per heavy atom. The maximum atomic E-state index is 4.22. The Kier molecular flexibility index (Phi) is 4.62. The molecule has 0 N–H and O–H groups in total. The van der Waals surface area contributed by atoms with Crippen LogP contribution < -0.4 is 0 Å². The monoisotopic (exact) mass is 112 g/mol. The molecule has 0 amide bonds. The molecule has 1 radical (unpaired) electrons. The van der Waals surface area contributed by atoms with Crippen molar-refractivity contribution in [2.24, 2.45) is 4.99 Å². The van der Waals surface area contributed by atoms with Crippen molar-refractivity contribution in [3.63, 3.8) is 0 Å². The third-order valence-electron chi connectivity index (χ3n) is 0.967. The molecule has 0 fully saturated rings. The standard InChI is InChI=1S/C7H14N/c1-4-6-8-7(3)5-2/h2,4-6H2,1,3H3. The molecule has 8 heavy (non-hydrogen) atoms. The molecule has 0 aromatic rings. The molecule has 1 heteroatoms. The Morgan fingerprint density at radius 1 is 1.62 bits per heavy atom. The fourth-order valence-electron chi connectivity index (χ4n) is 0.382. The van der Waals surface area contributed by atoms with Crippen molar-refractivity contribution in [3.8, 4) is 0 Å². The summed E-state index contributed by atoms with van der Waals surface area (Å²) >= 11 is 0. The molecule has 0 saturated carbocycles. The van der Waals surface area contributed by atoms with Gasteiger partial charge in [-0.15, -0.1) is 0 Å². The maximum absolute atomic E-state index is 4.22. The van der Waals surface area contributed by atoms with Crippen LogP contribution in [0, 0.1) is 6.92 Å². The lowest BCUT2D eigenvalue weighted by Crippen LogP contribution is -1.88. The fourth-order valence-corrected chi connectivity index (χ4v) is 0.382. The topological polar surface area (TPSA) is 12.4 Å². The zero-order valence-corrected chi connectivity index (χ0v) is 5.78. The third kappa shape index (κ3) is 3.85. The van der Waals surface area contributed by atoms with Gasteiger partial charge in [0.15, 0.2) is 0 Å². The lowest BCUT2D eigenvalue weighted by Gasteiger charge is -1.91. The van der Waals surface area contributed by atoms with E-state index in [0.29, 0.717) is 0 Å². The average molecular weight is 112 g/mol. The molecule has 0 rings (SSSR count). The van der Waals surface area contributed by atoms with E-state index in [9.17, 15) is 0 Å². The number of hydrogen-bond acceptors (Lipinski definition) is 1. The second kappa shape index (κ2) is 4.82. The summed E-state index contributed by atoms with van der Waals surface area (Å²) in [6, 6.07) is 0. The van der Waals surface area contributed by atoms with Crippen LogP contribution in [0.4, 0.5) is 0 Å². The highest BCUT2D eigenvalue weighted by Crippen LogP contribution is 1.84. The quantitative estimate of drug-likeness (QED) is 0.496. The zero-order valence-electron chi connectivity index (χ0n) is 5.78. The molecule has 0 atom stereocenters. The zero-order chi connectivity index (χ0) is 6.41. The van der Waals surface area contributed by atoms with Crippen LogP contribution in [0.15, 0.2) is 4.99 Å². The van der Waals surface area contributed by atoms with Gasteiger partial charge in [-0.1, -0.05) is 6.92 Å². The Balaban J connectivity index is 3.26. The lowest BCUT2D eigenvalue weighted by molar-refractivity contribution is 0.927. The van der Waals surface area contributed by atoms with Gasteiger partial charge in [-0.2, -0.15) is 0 Å². The second-order valence-corrected chi connectivity index (χ2v) is 1.87. The van der Waals surface area contributed by atoms with Crippen molar-refractivity contribution in [1.82, 2.24) is 0 Å². The Labute approximate surface area is 51.8 Å². The van der Waals surface area contributed by atoms with Gasteiger partial charge in [0, 0.05) is 12.3 Å². The third-order valence-corrected chi connectivity index (χ3v) is 0.967. The van der Waals surface area contributed by atoms with Crippen LogP contribution in [0.25, 0.3) is 0 Å². The predicted octanol–water partition coefficient (Wildman–Crippen LogP) is 2.08. The molecular formula is C7H14N. The SMILES string of the molecule is [CH2]CC(C)=NCCC. The Hall–Kier alpha value is -0.330. The molecule has 0 aromatic carbocycles. The summed E-state index contributed by atoms with van der Waals surface area (Å²) in [6.07, 6.45) is 1.98. The summed E-state index contributed by atoms with van der Waals surface area (Å²) in [5.41, 5.74) is 1.16. The molecule has 0 bridgehead atoms. The maximum Gasteiger partial charge on any atom is 0.0385 e. The first-order chi connectivity index (χ1) is 3.81. The van der Waals surface area contributed by atoms with E-state index in [1.54, 1.807) is 0 Å².